The molecule has 1 atom stereocenters. The minimum Gasteiger partial charge on any atom is -0.322 e. The first kappa shape index (κ1) is 20.6. The summed E-state index contributed by atoms with van der Waals surface area (Å²) in [5.41, 5.74) is 3.44. The van der Waals surface area contributed by atoms with Crippen LogP contribution < -0.4 is 10.2 Å². The quantitative estimate of drug-likeness (QED) is 0.455. The molecule has 1 heterocycles. The first-order chi connectivity index (χ1) is 14.9. The molecule has 1 aliphatic heterocycles. The van der Waals surface area contributed by atoms with Crippen LogP contribution in [0.4, 0.5) is 17.1 Å². The summed E-state index contributed by atoms with van der Waals surface area (Å²) in [7, 11) is 0. The third kappa shape index (κ3) is 4.44. The Morgan fingerprint density at radius 3 is 2.58 bits per heavy atom. The van der Waals surface area contributed by atoms with Gasteiger partial charge in [-0.25, -0.2) is 0 Å². The van der Waals surface area contributed by atoms with Gasteiger partial charge < -0.3 is 5.32 Å². The lowest BCUT2D eigenvalue weighted by Gasteiger charge is -2.25. The molecular formula is C23H19N3O4S. The molecule has 7 nitrogen and oxygen atoms in total. The number of hydrogen-bond donors (Lipinski definition) is 1. The van der Waals surface area contributed by atoms with Crippen LogP contribution in [0.15, 0.2) is 72.8 Å². The molecule has 0 aromatic heterocycles. The van der Waals surface area contributed by atoms with Crippen molar-refractivity contribution >= 4 is 40.6 Å². The van der Waals surface area contributed by atoms with E-state index in [2.05, 4.69) is 5.32 Å². The molecule has 1 fully saturated rings. The standard InChI is InChI=1S/C23H19N3O4S/c1-15-8-10-19(11-9-15)25-21(27)14-31-23(25)17-5-2-6-18(12-17)24-22(28)16-4-3-7-20(13-16)26(29)30/h2-13,23H,14H2,1H3,(H,24,28)/t23-/m0/s1. The third-order valence-electron chi connectivity index (χ3n) is 4.93. The average Bonchev–Trinajstić information content (AvgIpc) is 3.16. The Bertz CT molecular complexity index is 1160. The molecule has 31 heavy (non-hydrogen) atoms. The van der Waals surface area contributed by atoms with Crippen molar-refractivity contribution in [3.63, 3.8) is 0 Å². The fourth-order valence-corrected chi connectivity index (χ4v) is 4.56. The van der Waals surface area contributed by atoms with Gasteiger partial charge in [0.2, 0.25) is 5.91 Å². The van der Waals surface area contributed by atoms with E-state index in [1.807, 2.05) is 49.4 Å². The summed E-state index contributed by atoms with van der Waals surface area (Å²) in [6, 6.07) is 20.7. The van der Waals surface area contributed by atoms with Crippen molar-refractivity contribution in [3.05, 3.63) is 99.6 Å². The van der Waals surface area contributed by atoms with Gasteiger partial charge in [0.05, 0.1) is 10.7 Å². The van der Waals surface area contributed by atoms with E-state index < -0.39 is 10.8 Å². The molecule has 1 aliphatic rings. The summed E-state index contributed by atoms with van der Waals surface area (Å²) in [4.78, 5) is 37.3. The number of benzene rings is 3. The molecule has 3 aromatic carbocycles. The molecule has 4 rings (SSSR count). The number of nitrogens with one attached hydrogen (secondary N) is 1. The van der Waals surface area contributed by atoms with Gasteiger partial charge in [-0.05, 0) is 42.8 Å². The second-order valence-corrected chi connectivity index (χ2v) is 8.22. The van der Waals surface area contributed by atoms with E-state index in [1.54, 1.807) is 11.0 Å². The topological polar surface area (TPSA) is 92.6 Å². The summed E-state index contributed by atoms with van der Waals surface area (Å²) < 4.78 is 0. The largest absolute Gasteiger partial charge is 0.322 e. The molecule has 0 spiro atoms. The highest BCUT2D eigenvalue weighted by atomic mass is 32.2. The number of nitrogens with zero attached hydrogens (tertiary/aromatic N) is 2. The third-order valence-corrected chi connectivity index (χ3v) is 6.14. The number of carbonyl (C=O) groups excluding carboxylic acids is 2. The number of aryl methyl sites for hydroxylation is 1. The summed E-state index contributed by atoms with van der Waals surface area (Å²) in [5.74, 6) is -0.0284. The van der Waals surface area contributed by atoms with Crippen LogP contribution in [-0.4, -0.2) is 22.5 Å². The number of non-ortho nitro benzene ring substituents is 1. The maximum Gasteiger partial charge on any atom is 0.270 e. The van der Waals surface area contributed by atoms with Crippen LogP contribution in [0.2, 0.25) is 0 Å². The predicted molar refractivity (Wildman–Crippen MR) is 121 cm³/mol. The van der Waals surface area contributed by atoms with E-state index in [1.165, 1.54) is 36.0 Å². The van der Waals surface area contributed by atoms with E-state index in [4.69, 9.17) is 0 Å². The van der Waals surface area contributed by atoms with Crippen LogP contribution in [0.5, 0.6) is 0 Å². The lowest BCUT2D eigenvalue weighted by Crippen LogP contribution is -2.27. The molecule has 3 aromatic rings. The lowest BCUT2D eigenvalue weighted by molar-refractivity contribution is -0.384. The molecule has 156 valence electrons. The summed E-state index contributed by atoms with van der Waals surface area (Å²) in [6.07, 6.45) is 0. The molecule has 0 unspecified atom stereocenters. The highest BCUT2D eigenvalue weighted by molar-refractivity contribution is 8.00. The fraction of sp³-hybridized carbons (Fsp3) is 0.130. The summed E-state index contributed by atoms with van der Waals surface area (Å²) in [6.45, 7) is 2.00. The Hall–Kier alpha value is -3.65. The Kier molecular flexibility index (Phi) is 5.73. The fourth-order valence-electron chi connectivity index (χ4n) is 3.39. The number of nitro groups is 1. The van der Waals surface area contributed by atoms with Crippen molar-refractivity contribution in [1.82, 2.24) is 0 Å². The van der Waals surface area contributed by atoms with Crippen molar-refractivity contribution in [2.75, 3.05) is 16.0 Å². The predicted octanol–water partition coefficient (Wildman–Crippen LogP) is 4.93. The lowest BCUT2D eigenvalue weighted by atomic mass is 10.1. The van der Waals surface area contributed by atoms with Gasteiger partial charge in [0, 0.05) is 29.1 Å². The Morgan fingerprint density at radius 1 is 1.10 bits per heavy atom. The van der Waals surface area contributed by atoms with Gasteiger partial charge in [0.1, 0.15) is 5.37 Å². The smallest absolute Gasteiger partial charge is 0.270 e. The molecule has 8 heteroatoms. The molecule has 0 radical (unpaired) electrons. The van der Waals surface area contributed by atoms with E-state index in [9.17, 15) is 19.7 Å². The average molecular weight is 433 g/mol. The van der Waals surface area contributed by atoms with Crippen LogP contribution in [0.3, 0.4) is 0 Å². The van der Waals surface area contributed by atoms with Crippen LogP contribution in [0.25, 0.3) is 0 Å². The van der Waals surface area contributed by atoms with Crippen molar-refractivity contribution < 1.29 is 14.5 Å². The first-order valence-corrected chi connectivity index (χ1v) is 10.6. The number of hydrogen-bond acceptors (Lipinski definition) is 5. The van der Waals surface area contributed by atoms with Crippen LogP contribution >= 0.6 is 11.8 Å². The molecule has 0 aliphatic carbocycles. The Balaban J connectivity index is 1.57. The minimum absolute atomic E-state index is 0.0323. The van der Waals surface area contributed by atoms with Gasteiger partial charge in [-0.3, -0.25) is 24.6 Å². The SMILES string of the molecule is Cc1ccc(N2C(=O)CS[C@H]2c2cccc(NC(=O)c3cccc([N+](=O)[O-])c3)c2)cc1. The molecule has 0 bridgehead atoms. The van der Waals surface area contributed by atoms with E-state index in [0.29, 0.717) is 11.4 Å². The van der Waals surface area contributed by atoms with Crippen molar-refractivity contribution in [2.24, 2.45) is 0 Å². The minimum atomic E-state index is -0.536. The zero-order valence-corrected chi connectivity index (χ0v) is 17.5. The normalized spacial score (nSPS) is 15.7. The van der Waals surface area contributed by atoms with Gasteiger partial charge in [-0.2, -0.15) is 0 Å². The number of carbonyl (C=O) groups is 2. The van der Waals surface area contributed by atoms with Gasteiger partial charge in [0.15, 0.2) is 0 Å². The summed E-state index contributed by atoms with van der Waals surface area (Å²) in [5, 5.41) is 13.5. The molecule has 1 saturated heterocycles. The highest BCUT2D eigenvalue weighted by Gasteiger charge is 2.34. The molecule has 1 N–H and O–H groups in total. The molecule has 2 amide bonds. The van der Waals surface area contributed by atoms with Crippen molar-refractivity contribution in [1.29, 1.82) is 0 Å². The van der Waals surface area contributed by atoms with Crippen LogP contribution in [-0.2, 0) is 4.79 Å². The maximum atomic E-state index is 12.6. The van der Waals surface area contributed by atoms with Gasteiger partial charge in [-0.1, -0.05) is 35.9 Å². The number of anilines is 2. The first-order valence-electron chi connectivity index (χ1n) is 9.58. The van der Waals surface area contributed by atoms with Crippen LogP contribution in [0.1, 0.15) is 26.9 Å². The van der Waals surface area contributed by atoms with E-state index >= 15 is 0 Å². The number of rotatable bonds is 5. The van der Waals surface area contributed by atoms with Crippen LogP contribution in [0, 0.1) is 17.0 Å². The monoisotopic (exact) mass is 433 g/mol. The zero-order valence-electron chi connectivity index (χ0n) is 16.6. The van der Waals surface area contributed by atoms with Crippen molar-refractivity contribution in [2.45, 2.75) is 12.3 Å². The van der Waals surface area contributed by atoms with Gasteiger partial charge in [0.25, 0.3) is 11.6 Å². The summed E-state index contributed by atoms with van der Waals surface area (Å²) >= 11 is 1.53. The Labute approximate surface area is 183 Å². The van der Waals surface area contributed by atoms with Gasteiger partial charge in [-0.15, -0.1) is 11.8 Å². The maximum absolute atomic E-state index is 12.6. The van der Waals surface area contributed by atoms with E-state index in [0.717, 1.165) is 16.8 Å². The number of nitro benzene ring substituents is 1. The van der Waals surface area contributed by atoms with E-state index in [-0.39, 0.29) is 22.5 Å². The number of amides is 2. The molecular weight excluding hydrogens is 414 g/mol. The molecule has 0 saturated carbocycles. The van der Waals surface area contributed by atoms with Gasteiger partial charge >= 0.3 is 0 Å². The van der Waals surface area contributed by atoms with Crippen molar-refractivity contribution in [3.8, 4) is 0 Å². The second kappa shape index (κ2) is 8.61. The number of thioether (sulfide) groups is 1. The highest BCUT2D eigenvalue weighted by Crippen LogP contribution is 2.42. The Morgan fingerprint density at radius 2 is 1.84 bits per heavy atom. The second-order valence-electron chi connectivity index (χ2n) is 7.15. The zero-order chi connectivity index (χ0) is 22.0.